The summed E-state index contributed by atoms with van der Waals surface area (Å²) in [5, 5.41) is 20.1. The number of benzene rings is 1. The molecule has 23 heavy (non-hydrogen) atoms. The third-order valence-electron chi connectivity index (χ3n) is 3.07. The second-order valence-corrected chi connectivity index (χ2v) is 4.96. The van der Waals surface area contributed by atoms with E-state index < -0.39 is 5.97 Å². The van der Waals surface area contributed by atoms with Gasteiger partial charge in [-0.15, -0.1) is 0 Å². The Morgan fingerprint density at radius 1 is 1.22 bits per heavy atom. The summed E-state index contributed by atoms with van der Waals surface area (Å²) in [4.78, 5) is 14.8. The first-order valence-corrected chi connectivity index (χ1v) is 7.01. The van der Waals surface area contributed by atoms with Crippen molar-refractivity contribution >= 4 is 24.4 Å². The van der Waals surface area contributed by atoms with Crippen LogP contribution in [0.5, 0.6) is 0 Å². The van der Waals surface area contributed by atoms with Crippen LogP contribution in [0, 0.1) is 4.77 Å². The maximum Gasteiger partial charge on any atom is 0.335 e. The van der Waals surface area contributed by atoms with Gasteiger partial charge in [0.2, 0.25) is 4.77 Å². The van der Waals surface area contributed by atoms with Crippen molar-refractivity contribution < 1.29 is 9.90 Å². The normalized spacial score (nSPS) is 11.0. The number of nitrogens with one attached hydrogen (secondary N) is 1. The topological polar surface area (TPSA) is 96.2 Å². The molecule has 0 atom stereocenters. The Morgan fingerprint density at radius 2 is 1.91 bits per heavy atom. The molecule has 0 aliphatic carbocycles. The highest BCUT2D eigenvalue weighted by Gasteiger charge is 2.07. The molecule has 3 aromatic rings. The van der Waals surface area contributed by atoms with Gasteiger partial charge < -0.3 is 5.11 Å². The molecule has 0 unspecified atom stereocenters. The van der Waals surface area contributed by atoms with Gasteiger partial charge in [-0.2, -0.15) is 14.9 Å². The molecule has 2 heterocycles. The number of nitrogens with zero attached hydrogens (tertiary/aromatic N) is 4. The summed E-state index contributed by atoms with van der Waals surface area (Å²) in [5.74, 6) is -0.402. The van der Waals surface area contributed by atoms with Gasteiger partial charge in [-0.1, -0.05) is 12.1 Å². The summed E-state index contributed by atoms with van der Waals surface area (Å²) in [6, 6.07) is 9.98. The van der Waals surface area contributed by atoms with Crippen LogP contribution in [0.4, 0.5) is 0 Å². The number of rotatable bonds is 4. The first-order chi connectivity index (χ1) is 11.1. The van der Waals surface area contributed by atoms with Crippen LogP contribution < -0.4 is 0 Å². The van der Waals surface area contributed by atoms with Crippen molar-refractivity contribution in [1.29, 1.82) is 0 Å². The molecule has 0 saturated carbocycles. The molecule has 8 heteroatoms. The minimum atomic E-state index is -0.967. The Hall–Kier alpha value is -3.13. The smallest absolute Gasteiger partial charge is 0.335 e. The minimum Gasteiger partial charge on any atom is -0.478 e. The third-order valence-corrected chi connectivity index (χ3v) is 3.33. The van der Waals surface area contributed by atoms with Crippen LogP contribution in [0.15, 0.2) is 53.9 Å². The van der Waals surface area contributed by atoms with E-state index in [2.05, 4.69) is 20.3 Å². The third kappa shape index (κ3) is 3.22. The zero-order valence-corrected chi connectivity index (χ0v) is 12.6. The quantitative estimate of drug-likeness (QED) is 0.568. The molecule has 0 aliphatic heterocycles. The van der Waals surface area contributed by atoms with Gasteiger partial charge in [0, 0.05) is 18.0 Å². The lowest BCUT2D eigenvalue weighted by atomic mass is 10.1. The Bertz CT molecular complexity index is 913. The molecule has 2 N–H and O–H groups in total. The van der Waals surface area contributed by atoms with Crippen molar-refractivity contribution in [3.05, 3.63) is 64.7 Å². The zero-order chi connectivity index (χ0) is 16.2. The summed E-state index contributed by atoms with van der Waals surface area (Å²) in [6.45, 7) is 0. The average molecular weight is 325 g/mol. The van der Waals surface area contributed by atoms with Crippen molar-refractivity contribution in [1.82, 2.24) is 19.9 Å². The molecule has 1 aromatic carbocycles. The number of carboxylic acid groups (broad SMARTS) is 1. The van der Waals surface area contributed by atoms with Crippen LogP contribution in [-0.2, 0) is 0 Å². The van der Waals surface area contributed by atoms with Crippen molar-refractivity contribution in [2.45, 2.75) is 0 Å². The molecule has 0 saturated heterocycles. The van der Waals surface area contributed by atoms with Crippen LogP contribution in [0.3, 0.4) is 0 Å². The van der Waals surface area contributed by atoms with Gasteiger partial charge in [0.25, 0.3) is 0 Å². The van der Waals surface area contributed by atoms with E-state index in [0.29, 0.717) is 10.6 Å². The second-order valence-electron chi connectivity index (χ2n) is 4.57. The molecule has 0 spiro atoms. The highest BCUT2D eigenvalue weighted by Crippen LogP contribution is 2.15. The molecular formula is C15H11N5O2S. The monoisotopic (exact) mass is 325 g/mol. The van der Waals surface area contributed by atoms with Gasteiger partial charge in [-0.05, 0) is 42.0 Å². The molecule has 0 fully saturated rings. The Balaban J connectivity index is 1.93. The minimum absolute atomic E-state index is 0.222. The fourth-order valence-electron chi connectivity index (χ4n) is 1.92. The number of aromatic nitrogens is 4. The molecular weight excluding hydrogens is 314 g/mol. The fraction of sp³-hybridized carbons (Fsp3) is 0. The van der Waals surface area contributed by atoms with Crippen LogP contribution in [0.25, 0.3) is 11.4 Å². The highest BCUT2D eigenvalue weighted by molar-refractivity contribution is 7.71. The maximum atomic E-state index is 10.8. The van der Waals surface area contributed by atoms with Crippen molar-refractivity contribution in [3.63, 3.8) is 0 Å². The highest BCUT2D eigenvalue weighted by atomic mass is 32.1. The standard InChI is InChI=1S/C15H11N5O2S/c21-14(22)12-3-1-10(2-4-12)9-17-20-13(18-19-15(20)23)11-5-7-16-8-6-11/h1-9H,(H,19,23)(H,21,22)/b17-9+. The lowest BCUT2D eigenvalue weighted by Crippen LogP contribution is -1.97. The first-order valence-electron chi connectivity index (χ1n) is 6.60. The summed E-state index contributed by atoms with van der Waals surface area (Å²) in [6.07, 6.45) is 4.90. The van der Waals surface area contributed by atoms with Crippen molar-refractivity contribution in [2.24, 2.45) is 5.10 Å². The number of pyridine rings is 1. The van der Waals surface area contributed by atoms with E-state index in [4.69, 9.17) is 17.3 Å². The van der Waals surface area contributed by atoms with Crippen LogP contribution >= 0.6 is 12.2 Å². The average Bonchev–Trinajstić information content (AvgIpc) is 2.95. The van der Waals surface area contributed by atoms with E-state index in [1.54, 1.807) is 42.9 Å². The molecule has 3 rings (SSSR count). The Morgan fingerprint density at radius 3 is 2.57 bits per heavy atom. The summed E-state index contributed by atoms with van der Waals surface area (Å²) >= 11 is 5.18. The van der Waals surface area contributed by atoms with Gasteiger partial charge in [-0.3, -0.25) is 4.98 Å². The fourth-order valence-corrected chi connectivity index (χ4v) is 2.10. The van der Waals surface area contributed by atoms with E-state index in [-0.39, 0.29) is 5.56 Å². The Kier molecular flexibility index (Phi) is 4.07. The lowest BCUT2D eigenvalue weighted by molar-refractivity contribution is 0.0697. The lowest BCUT2D eigenvalue weighted by Gasteiger charge is -2.00. The summed E-state index contributed by atoms with van der Waals surface area (Å²) < 4.78 is 1.85. The molecule has 2 aromatic heterocycles. The number of H-pyrrole nitrogens is 1. The number of aromatic carboxylic acids is 1. The van der Waals surface area contributed by atoms with Crippen LogP contribution in [-0.4, -0.2) is 37.1 Å². The van der Waals surface area contributed by atoms with Crippen LogP contribution in [0.2, 0.25) is 0 Å². The molecule has 114 valence electrons. The molecule has 0 aliphatic rings. The predicted molar refractivity (Wildman–Crippen MR) is 87.0 cm³/mol. The van der Waals surface area contributed by atoms with Gasteiger partial charge in [0.15, 0.2) is 5.82 Å². The molecule has 0 amide bonds. The van der Waals surface area contributed by atoms with E-state index in [0.717, 1.165) is 11.1 Å². The number of carbonyl (C=O) groups is 1. The molecule has 0 bridgehead atoms. The number of hydrogen-bond acceptors (Lipinski definition) is 5. The first kappa shape index (κ1) is 14.8. The van der Waals surface area contributed by atoms with Crippen molar-refractivity contribution in [2.75, 3.05) is 0 Å². The van der Waals surface area contributed by atoms with Gasteiger partial charge in [-0.25, -0.2) is 9.89 Å². The van der Waals surface area contributed by atoms with Gasteiger partial charge in [0.05, 0.1) is 11.8 Å². The number of hydrogen-bond donors (Lipinski definition) is 2. The Labute approximate surface area is 136 Å². The summed E-state index contributed by atoms with van der Waals surface area (Å²) in [5.41, 5.74) is 1.80. The van der Waals surface area contributed by atoms with E-state index in [9.17, 15) is 4.79 Å². The SMILES string of the molecule is O=C(O)c1ccc(/C=N/n2c(-c3ccncc3)n[nH]c2=S)cc1. The number of aromatic amines is 1. The maximum absolute atomic E-state index is 10.8. The molecule has 0 radical (unpaired) electrons. The van der Waals surface area contributed by atoms with E-state index in [1.807, 2.05) is 0 Å². The summed E-state index contributed by atoms with van der Waals surface area (Å²) in [7, 11) is 0. The zero-order valence-electron chi connectivity index (χ0n) is 11.7. The second kappa shape index (κ2) is 6.32. The van der Waals surface area contributed by atoms with E-state index >= 15 is 0 Å². The van der Waals surface area contributed by atoms with E-state index in [1.165, 1.54) is 16.8 Å². The molecule has 7 nitrogen and oxygen atoms in total. The number of carboxylic acids is 1. The van der Waals surface area contributed by atoms with Crippen molar-refractivity contribution in [3.8, 4) is 11.4 Å². The predicted octanol–water partition coefficient (Wildman–Crippen LogP) is 2.58. The van der Waals surface area contributed by atoms with Gasteiger partial charge >= 0.3 is 5.97 Å². The largest absolute Gasteiger partial charge is 0.478 e. The van der Waals surface area contributed by atoms with Crippen LogP contribution in [0.1, 0.15) is 15.9 Å². The van der Waals surface area contributed by atoms with Gasteiger partial charge in [0.1, 0.15) is 0 Å².